The summed E-state index contributed by atoms with van der Waals surface area (Å²) in [5.41, 5.74) is 0.764. The summed E-state index contributed by atoms with van der Waals surface area (Å²) in [6, 6.07) is 13.4. The van der Waals surface area contributed by atoms with E-state index in [0.717, 1.165) is 43.4 Å². The number of methoxy groups -OCH3 is 1. The van der Waals surface area contributed by atoms with Gasteiger partial charge >= 0.3 is 0 Å². The van der Waals surface area contributed by atoms with E-state index in [1.807, 2.05) is 24.3 Å². The van der Waals surface area contributed by atoms with Crippen LogP contribution in [0.5, 0.6) is 5.75 Å². The fourth-order valence-electron chi connectivity index (χ4n) is 3.83. The van der Waals surface area contributed by atoms with Gasteiger partial charge in [-0.1, -0.05) is 36.0 Å². The largest absolute Gasteiger partial charge is 0.497 e. The first-order valence-electron chi connectivity index (χ1n) is 10.2. The summed E-state index contributed by atoms with van der Waals surface area (Å²) >= 11 is 5.95. The minimum atomic E-state index is -3.75. The zero-order valence-corrected chi connectivity index (χ0v) is 18.8. The minimum absolute atomic E-state index is 0.0266. The second kappa shape index (κ2) is 9.38. The Morgan fingerprint density at radius 1 is 1.06 bits per heavy atom. The van der Waals surface area contributed by atoms with Gasteiger partial charge in [-0.2, -0.15) is 9.29 Å². The van der Waals surface area contributed by atoms with Gasteiger partial charge in [0.05, 0.1) is 18.6 Å². The molecule has 31 heavy (non-hydrogen) atoms. The van der Waals surface area contributed by atoms with Crippen LogP contribution >= 0.6 is 11.6 Å². The van der Waals surface area contributed by atoms with E-state index in [1.165, 1.54) is 16.4 Å². The summed E-state index contributed by atoms with van der Waals surface area (Å²) in [4.78, 5) is 4.65. The van der Waals surface area contributed by atoms with Gasteiger partial charge in [-0.3, -0.25) is 0 Å². The molecular weight excluding hydrogens is 438 g/mol. The van der Waals surface area contributed by atoms with Crippen LogP contribution in [0.4, 0.5) is 0 Å². The summed E-state index contributed by atoms with van der Waals surface area (Å²) in [5, 5.41) is 4.53. The quantitative estimate of drug-likeness (QED) is 0.496. The molecule has 4 rings (SSSR count). The molecule has 0 radical (unpaired) electrons. The molecule has 2 aromatic carbocycles. The molecule has 9 heteroatoms. The Kier molecular flexibility index (Phi) is 6.60. The molecule has 164 valence electrons. The van der Waals surface area contributed by atoms with Gasteiger partial charge in [0, 0.05) is 16.6 Å². The predicted octanol–water partition coefficient (Wildman–Crippen LogP) is 4.92. The Morgan fingerprint density at radius 2 is 1.74 bits per heavy atom. The van der Waals surface area contributed by atoms with Gasteiger partial charge in [-0.25, -0.2) is 8.42 Å². The molecule has 1 aliphatic rings. The van der Waals surface area contributed by atoms with E-state index in [0.29, 0.717) is 10.8 Å². The topological polar surface area (TPSA) is 85.5 Å². The second-order valence-electron chi connectivity index (χ2n) is 7.54. The normalized spacial score (nSPS) is 15.3. The molecule has 0 bridgehead atoms. The highest BCUT2D eigenvalue weighted by atomic mass is 35.5. The van der Waals surface area contributed by atoms with Crippen molar-refractivity contribution in [3.8, 4) is 17.1 Å². The number of benzene rings is 2. The fraction of sp³-hybridized carbons (Fsp3) is 0.364. The monoisotopic (exact) mass is 461 g/mol. The van der Waals surface area contributed by atoms with E-state index in [1.54, 1.807) is 19.2 Å². The van der Waals surface area contributed by atoms with Crippen molar-refractivity contribution in [2.45, 2.75) is 49.6 Å². The second-order valence-corrected chi connectivity index (χ2v) is 9.86. The van der Waals surface area contributed by atoms with Crippen LogP contribution in [-0.4, -0.2) is 36.0 Å². The number of nitrogens with zero attached hydrogens (tertiary/aromatic N) is 3. The maximum absolute atomic E-state index is 13.5. The average molecular weight is 462 g/mol. The minimum Gasteiger partial charge on any atom is -0.497 e. The molecule has 1 fully saturated rings. The maximum atomic E-state index is 13.5. The molecular formula is C22H24ClN3O4S. The van der Waals surface area contributed by atoms with Crippen LogP contribution < -0.4 is 4.74 Å². The molecule has 0 atom stereocenters. The van der Waals surface area contributed by atoms with E-state index >= 15 is 0 Å². The number of hydrogen-bond acceptors (Lipinski definition) is 6. The number of sulfonamides is 1. The number of aromatic nitrogens is 2. The van der Waals surface area contributed by atoms with E-state index in [2.05, 4.69) is 10.1 Å². The van der Waals surface area contributed by atoms with Crippen molar-refractivity contribution >= 4 is 21.6 Å². The lowest BCUT2D eigenvalue weighted by Crippen LogP contribution is -2.41. The molecule has 1 heterocycles. The van der Waals surface area contributed by atoms with Crippen molar-refractivity contribution in [1.82, 2.24) is 14.4 Å². The number of hydrogen-bond donors (Lipinski definition) is 0. The van der Waals surface area contributed by atoms with Gasteiger partial charge in [0.15, 0.2) is 0 Å². The van der Waals surface area contributed by atoms with Crippen molar-refractivity contribution in [1.29, 1.82) is 0 Å². The number of ether oxygens (including phenoxy) is 1. The fourth-order valence-corrected chi connectivity index (χ4v) is 5.59. The first kappa shape index (κ1) is 21.8. The molecule has 1 saturated carbocycles. The van der Waals surface area contributed by atoms with Crippen LogP contribution in [0.25, 0.3) is 11.4 Å². The summed E-state index contributed by atoms with van der Waals surface area (Å²) < 4.78 is 39.0. The zero-order chi connectivity index (χ0) is 21.8. The lowest BCUT2D eigenvalue weighted by Gasteiger charge is -2.32. The third-order valence-corrected chi connectivity index (χ3v) is 7.67. The Labute approximate surface area is 187 Å². The maximum Gasteiger partial charge on any atom is 0.243 e. The van der Waals surface area contributed by atoms with E-state index in [-0.39, 0.29) is 23.4 Å². The summed E-state index contributed by atoms with van der Waals surface area (Å²) in [7, 11) is -2.15. The molecule has 0 spiro atoms. The number of halogens is 1. The molecule has 7 nitrogen and oxygen atoms in total. The molecule has 0 saturated heterocycles. The third kappa shape index (κ3) is 4.92. The van der Waals surface area contributed by atoms with E-state index < -0.39 is 10.0 Å². The van der Waals surface area contributed by atoms with Crippen molar-refractivity contribution in [3.63, 3.8) is 0 Å². The zero-order valence-electron chi connectivity index (χ0n) is 17.2. The third-order valence-electron chi connectivity index (χ3n) is 5.51. The lowest BCUT2D eigenvalue weighted by atomic mass is 9.95. The van der Waals surface area contributed by atoms with Gasteiger partial charge in [0.1, 0.15) is 5.75 Å². The first-order chi connectivity index (χ1) is 15.0. The first-order valence-corrected chi connectivity index (χ1v) is 12.0. The molecule has 3 aromatic rings. The molecule has 1 aromatic heterocycles. The standard InChI is InChI=1S/C22H24ClN3O4S/c1-29-19-11-7-16(8-12-19)22-24-21(30-25-22)15-26(18-5-3-2-4-6-18)31(27,28)20-13-9-17(23)10-14-20/h7-14,18H,2-6,15H2,1H3. The van der Waals surface area contributed by atoms with Crippen LogP contribution in [0.2, 0.25) is 5.02 Å². The van der Waals surface area contributed by atoms with Crippen molar-refractivity contribution in [2.24, 2.45) is 0 Å². The SMILES string of the molecule is COc1ccc(-c2noc(CN(C3CCCCC3)S(=O)(=O)c3ccc(Cl)cc3)n2)cc1. The van der Waals surface area contributed by atoms with Crippen LogP contribution in [-0.2, 0) is 16.6 Å². The Hall–Kier alpha value is -2.42. The molecule has 0 unspecified atom stereocenters. The van der Waals surface area contributed by atoms with E-state index in [4.69, 9.17) is 20.9 Å². The highest BCUT2D eigenvalue weighted by molar-refractivity contribution is 7.89. The number of rotatable bonds is 7. The molecule has 1 aliphatic carbocycles. The smallest absolute Gasteiger partial charge is 0.243 e. The average Bonchev–Trinajstić information content (AvgIpc) is 3.27. The Balaban J connectivity index is 1.62. The molecule has 0 amide bonds. The van der Waals surface area contributed by atoms with Crippen molar-refractivity contribution < 1.29 is 17.7 Å². The summed E-state index contributed by atoms with van der Waals surface area (Å²) in [6.45, 7) is 0.0266. The predicted molar refractivity (Wildman–Crippen MR) is 117 cm³/mol. The van der Waals surface area contributed by atoms with Crippen LogP contribution in [0.3, 0.4) is 0 Å². The Bertz CT molecular complexity index is 1110. The van der Waals surface area contributed by atoms with Gasteiger partial charge in [-0.15, -0.1) is 0 Å². The van der Waals surface area contributed by atoms with Crippen LogP contribution in [0.15, 0.2) is 57.9 Å². The van der Waals surface area contributed by atoms with Crippen LogP contribution in [0, 0.1) is 0 Å². The van der Waals surface area contributed by atoms with Gasteiger partial charge in [-0.05, 0) is 61.4 Å². The van der Waals surface area contributed by atoms with Crippen LogP contribution in [0.1, 0.15) is 38.0 Å². The van der Waals surface area contributed by atoms with Gasteiger partial charge in [0.25, 0.3) is 0 Å². The molecule has 0 aliphatic heterocycles. The van der Waals surface area contributed by atoms with E-state index in [9.17, 15) is 8.42 Å². The van der Waals surface area contributed by atoms with Crippen molar-refractivity contribution in [3.05, 3.63) is 59.4 Å². The molecule has 0 N–H and O–H groups in total. The highest BCUT2D eigenvalue weighted by Gasteiger charge is 2.34. The van der Waals surface area contributed by atoms with Gasteiger partial charge in [0.2, 0.25) is 21.7 Å². The summed E-state index contributed by atoms with van der Waals surface area (Å²) in [5.74, 6) is 1.39. The highest BCUT2D eigenvalue weighted by Crippen LogP contribution is 2.30. The van der Waals surface area contributed by atoms with Crippen molar-refractivity contribution in [2.75, 3.05) is 7.11 Å². The lowest BCUT2D eigenvalue weighted by molar-refractivity contribution is 0.223. The van der Waals surface area contributed by atoms with Gasteiger partial charge < -0.3 is 9.26 Å². The summed E-state index contributed by atoms with van der Waals surface area (Å²) in [6.07, 6.45) is 4.74. The Morgan fingerprint density at radius 3 is 2.39 bits per heavy atom.